The molecule has 0 aromatic heterocycles. The summed E-state index contributed by atoms with van der Waals surface area (Å²) in [4.78, 5) is 0. The normalized spacial score (nSPS) is 20.9. The Labute approximate surface area is 121 Å². The average molecular weight is 307 g/mol. The van der Waals surface area contributed by atoms with Crippen molar-refractivity contribution in [3.8, 4) is 0 Å². The van der Waals surface area contributed by atoms with Crippen LogP contribution in [0.25, 0.3) is 0 Å². The van der Waals surface area contributed by atoms with Gasteiger partial charge in [-0.2, -0.15) is 13.2 Å². The quantitative estimate of drug-likeness (QED) is 0.866. The maximum atomic E-state index is 12.7. The highest BCUT2D eigenvalue weighted by Gasteiger charge is 2.31. The van der Waals surface area contributed by atoms with Crippen molar-refractivity contribution in [2.24, 2.45) is 0 Å². The molecule has 2 unspecified atom stereocenters. The van der Waals surface area contributed by atoms with Gasteiger partial charge >= 0.3 is 6.18 Å². The molecule has 0 amide bonds. The predicted molar refractivity (Wildman–Crippen MR) is 75.2 cm³/mol. The third-order valence-corrected chi connectivity index (χ3v) is 3.66. The number of nitrogens with one attached hydrogen (secondary N) is 2. The molecule has 1 aromatic carbocycles. The summed E-state index contributed by atoms with van der Waals surface area (Å²) >= 11 is 5.76. The molecule has 1 saturated heterocycles. The van der Waals surface area contributed by atoms with E-state index in [-0.39, 0.29) is 11.1 Å². The molecule has 0 spiro atoms. The van der Waals surface area contributed by atoms with E-state index in [1.807, 2.05) is 6.92 Å². The number of benzene rings is 1. The predicted octanol–water partition coefficient (Wildman–Crippen LogP) is 4.30. The topological polar surface area (TPSA) is 24.1 Å². The molecule has 1 aliphatic heterocycles. The first-order chi connectivity index (χ1) is 9.34. The van der Waals surface area contributed by atoms with Gasteiger partial charge in [-0.25, -0.2) is 0 Å². The summed E-state index contributed by atoms with van der Waals surface area (Å²) < 4.78 is 38.1. The van der Waals surface area contributed by atoms with E-state index in [1.54, 1.807) is 0 Å². The first-order valence-corrected chi connectivity index (χ1v) is 7.10. The fraction of sp³-hybridized carbons (Fsp3) is 0.571. The van der Waals surface area contributed by atoms with Crippen LogP contribution in [0.1, 0.15) is 31.7 Å². The smallest absolute Gasteiger partial charge is 0.382 e. The van der Waals surface area contributed by atoms with Crippen molar-refractivity contribution in [3.63, 3.8) is 0 Å². The minimum Gasteiger partial charge on any atom is -0.382 e. The Balaban J connectivity index is 2.02. The van der Waals surface area contributed by atoms with E-state index in [0.29, 0.717) is 11.7 Å². The average Bonchev–Trinajstić information content (AvgIpc) is 2.79. The lowest BCUT2D eigenvalue weighted by atomic mass is 10.1. The zero-order chi connectivity index (χ0) is 14.8. The number of alkyl halides is 3. The minimum atomic E-state index is -4.38. The fourth-order valence-electron chi connectivity index (χ4n) is 2.56. The van der Waals surface area contributed by atoms with Crippen LogP contribution in [-0.2, 0) is 6.18 Å². The molecule has 6 heteroatoms. The molecule has 1 heterocycles. The Morgan fingerprint density at radius 3 is 2.75 bits per heavy atom. The molecule has 1 fully saturated rings. The molecular formula is C14H18ClF3N2. The van der Waals surface area contributed by atoms with Crippen LogP contribution in [-0.4, -0.2) is 18.6 Å². The van der Waals surface area contributed by atoms with E-state index in [4.69, 9.17) is 11.6 Å². The molecule has 1 aliphatic rings. The van der Waals surface area contributed by atoms with Crippen LogP contribution >= 0.6 is 11.6 Å². The molecule has 112 valence electrons. The maximum Gasteiger partial charge on any atom is 0.416 e. The summed E-state index contributed by atoms with van der Waals surface area (Å²) in [6.07, 6.45) is -1.21. The molecule has 20 heavy (non-hydrogen) atoms. The molecule has 0 radical (unpaired) electrons. The highest BCUT2D eigenvalue weighted by molar-refractivity contribution is 6.30. The third kappa shape index (κ3) is 4.28. The van der Waals surface area contributed by atoms with Crippen molar-refractivity contribution in [1.82, 2.24) is 5.32 Å². The van der Waals surface area contributed by atoms with Crippen molar-refractivity contribution in [2.45, 2.75) is 44.4 Å². The van der Waals surface area contributed by atoms with Crippen molar-refractivity contribution in [3.05, 3.63) is 28.8 Å². The van der Waals surface area contributed by atoms with Gasteiger partial charge in [-0.3, -0.25) is 0 Å². The van der Waals surface area contributed by atoms with Crippen LogP contribution in [0.15, 0.2) is 18.2 Å². The Kier molecular flexibility index (Phi) is 4.81. The van der Waals surface area contributed by atoms with E-state index in [9.17, 15) is 13.2 Å². The van der Waals surface area contributed by atoms with Gasteiger partial charge in [0.05, 0.1) is 5.56 Å². The molecule has 0 saturated carbocycles. The van der Waals surface area contributed by atoms with Crippen LogP contribution < -0.4 is 10.6 Å². The van der Waals surface area contributed by atoms with E-state index < -0.39 is 11.7 Å². The Morgan fingerprint density at radius 1 is 1.40 bits per heavy atom. The summed E-state index contributed by atoms with van der Waals surface area (Å²) in [7, 11) is 0. The Morgan fingerprint density at radius 2 is 2.15 bits per heavy atom. The highest BCUT2D eigenvalue weighted by Crippen LogP contribution is 2.33. The van der Waals surface area contributed by atoms with E-state index in [2.05, 4.69) is 10.6 Å². The van der Waals surface area contributed by atoms with Crippen LogP contribution in [0.4, 0.5) is 18.9 Å². The largest absolute Gasteiger partial charge is 0.416 e. The lowest BCUT2D eigenvalue weighted by molar-refractivity contribution is -0.137. The van der Waals surface area contributed by atoms with Crippen molar-refractivity contribution < 1.29 is 13.2 Å². The zero-order valence-corrected chi connectivity index (χ0v) is 12.0. The summed E-state index contributed by atoms with van der Waals surface area (Å²) in [5.41, 5.74) is -0.311. The van der Waals surface area contributed by atoms with Crippen LogP contribution in [0.2, 0.25) is 5.02 Å². The van der Waals surface area contributed by atoms with Crippen LogP contribution in [0, 0.1) is 0 Å². The van der Waals surface area contributed by atoms with Crippen molar-refractivity contribution in [1.29, 1.82) is 0 Å². The van der Waals surface area contributed by atoms with Crippen molar-refractivity contribution in [2.75, 3.05) is 11.9 Å². The molecular weight excluding hydrogens is 289 g/mol. The summed E-state index contributed by atoms with van der Waals surface area (Å²) in [6, 6.07) is 4.10. The molecule has 2 nitrogen and oxygen atoms in total. The summed E-state index contributed by atoms with van der Waals surface area (Å²) in [5, 5.41) is 6.56. The van der Waals surface area contributed by atoms with Crippen LogP contribution in [0.3, 0.4) is 0 Å². The number of rotatable bonds is 4. The van der Waals surface area contributed by atoms with Gasteiger partial charge in [0.1, 0.15) is 0 Å². The van der Waals surface area contributed by atoms with Crippen molar-refractivity contribution >= 4 is 17.3 Å². The monoisotopic (exact) mass is 306 g/mol. The zero-order valence-electron chi connectivity index (χ0n) is 11.2. The second-order valence-corrected chi connectivity index (χ2v) is 5.74. The summed E-state index contributed by atoms with van der Waals surface area (Å²) in [5.74, 6) is 0. The molecule has 2 rings (SSSR count). The first kappa shape index (κ1) is 15.4. The Hall–Kier alpha value is -0.940. The van der Waals surface area contributed by atoms with Crippen LogP contribution in [0.5, 0.6) is 0 Å². The number of hydrogen-bond donors (Lipinski definition) is 2. The molecule has 0 bridgehead atoms. The molecule has 2 N–H and O–H groups in total. The standard InChI is InChI=1S/C14H18ClF3N2/c1-9(5-12-3-2-4-19-12)20-13-7-10(14(16,17)18)6-11(15)8-13/h6-9,12,19-20H,2-5H2,1H3. The Bertz CT molecular complexity index is 456. The summed E-state index contributed by atoms with van der Waals surface area (Å²) in [6.45, 7) is 2.99. The van der Waals surface area contributed by atoms with Gasteiger partial charge < -0.3 is 10.6 Å². The molecule has 0 aliphatic carbocycles. The van der Waals surface area contributed by atoms with Gasteiger partial charge in [0.2, 0.25) is 0 Å². The second kappa shape index (κ2) is 6.22. The van der Waals surface area contributed by atoms with Gasteiger partial charge in [-0.05, 0) is 50.9 Å². The van der Waals surface area contributed by atoms with Gasteiger partial charge in [0, 0.05) is 22.8 Å². The highest BCUT2D eigenvalue weighted by atomic mass is 35.5. The number of anilines is 1. The van der Waals surface area contributed by atoms with E-state index in [1.165, 1.54) is 6.07 Å². The van der Waals surface area contributed by atoms with E-state index in [0.717, 1.165) is 37.9 Å². The van der Waals surface area contributed by atoms with E-state index >= 15 is 0 Å². The first-order valence-electron chi connectivity index (χ1n) is 6.72. The SMILES string of the molecule is CC(CC1CCCN1)Nc1cc(Cl)cc(C(F)(F)F)c1. The third-order valence-electron chi connectivity index (χ3n) is 3.44. The number of halogens is 4. The van der Waals surface area contributed by atoms with Gasteiger partial charge in [0.25, 0.3) is 0 Å². The fourth-order valence-corrected chi connectivity index (χ4v) is 2.80. The second-order valence-electron chi connectivity index (χ2n) is 5.30. The molecule has 1 aromatic rings. The van der Waals surface area contributed by atoms with Gasteiger partial charge in [0.15, 0.2) is 0 Å². The maximum absolute atomic E-state index is 12.7. The van der Waals surface area contributed by atoms with Gasteiger partial charge in [-0.1, -0.05) is 11.6 Å². The lowest BCUT2D eigenvalue weighted by Gasteiger charge is -2.20. The van der Waals surface area contributed by atoms with Gasteiger partial charge in [-0.15, -0.1) is 0 Å². The lowest BCUT2D eigenvalue weighted by Crippen LogP contribution is -2.29. The molecule has 2 atom stereocenters. The number of hydrogen-bond acceptors (Lipinski definition) is 2. The minimum absolute atomic E-state index is 0.0881.